The van der Waals surface area contributed by atoms with Gasteiger partial charge in [-0.3, -0.25) is 9.59 Å². The maximum absolute atomic E-state index is 12.1. The molecule has 1 aliphatic rings. The molecular formula is C13H22O4. The lowest BCUT2D eigenvalue weighted by atomic mass is 9.76. The van der Waals surface area contributed by atoms with Crippen molar-refractivity contribution < 1.29 is 19.1 Å². The van der Waals surface area contributed by atoms with Gasteiger partial charge in [0.25, 0.3) is 0 Å². The highest BCUT2D eigenvalue weighted by Crippen LogP contribution is 2.47. The molecule has 4 heteroatoms. The van der Waals surface area contributed by atoms with Gasteiger partial charge in [0.05, 0.1) is 13.2 Å². The lowest BCUT2D eigenvalue weighted by Gasteiger charge is -2.30. The van der Waals surface area contributed by atoms with E-state index in [1.165, 1.54) is 0 Å². The highest BCUT2D eigenvalue weighted by molar-refractivity contribution is 6.00. The zero-order valence-electron chi connectivity index (χ0n) is 11.0. The molecule has 0 aromatic heterocycles. The molecule has 0 heterocycles. The maximum Gasteiger partial charge on any atom is 0.323 e. The molecule has 0 N–H and O–H groups in total. The molecule has 1 aliphatic carbocycles. The smallest absolute Gasteiger partial charge is 0.323 e. The molecule has 1 atom stereocenters. The average Bonchev–Trinajstić information content (AvgIpc) is 2.74. The molecule has 0 spiro atoms. The Labute approximate surface area is 103 Å². The van der Waals surface area contributed by atoms with E-state index in [0.29, 0.717) is 19.6 Å². The molecular weight excluding hydrogens is 220 g/mol. The van der Waals surface area contributed by atoms with Crippen LogP contribution in [0.4, 0.5) is 0 Å². The summed E-state index contributed by atoms with van der Waals surface area (Å²) < 4.78 is 10.2. The largest absolute Gasteiger partial charge is 0.465 e. The third-order valence-electron chi connectivity index (χ3n) is 3.59. The normalized spacial score (nSPS) is 22.2. The molecule has 0 amide bonds. The van der Waals surface area contributed by atoms with E-state index >= 15 is 0 Å². The predicted octanol–water partition coefficient (Wildman–Crippen LogP) is 2.31. The van der Waals surface area contributed by atoms with Crippen molar-refractivity contribution in [2.75, 3.05) is 13.2 Å². The van der Waals surface area contributed by atoms with E-state index in [1.54, 1.807) is 13.8 Å². The van der Waals surface area contributed by atoms with Gasteiger partial charge in [-0.05, 0) is 32.6 Å². The van der Waals surface area contributed by atoms with Crippen LogP contribution in [-0.4, -0.2) is 25.2 Å². The molecule has 0 saturated heterocycles. The first-order valence-corrected chi connectivity index (χ1v) is 6.47. The maximum atomic E-state index is 12.1. The quantitative estimate of drug-likeness (QED) is 0.548. The second-order valence-electron chi connectivity index (χ2n) is 4.41. The van der Waals surface area contributed by atoms with Gasteiger partial charge in [0.15, 0.2) is 5.41 Å². The molecule has 98 valence electrons. The molecule has 4 nitrogen and oxygen atoms in total. The first kappa shape index (κ1) is 14.0. The molecule has 0 aliphatic heterocycles. The summed E-state index contributed by atoms with van der Waals surface area (Å²) >= 11 is 0. The van der Waals surface area contributed by atoms with Crippen LogP contribution in [0.25, 0.3) is 0 Å². The van der Waals surface area contributed by atoms with Crippen molar-refractivity contribution in [3.05, 3.63) is 0 Å². The molecule has 0 radical (unpaired) electrons. The second kappa shape index (κ2) is 6.03. The highest BCUT2D eigenvalue weighted by atomic mass is 16.6. The van der Waals surface area contributed by atoms with Gasteiger partial charge in [0.2, 0.25) is 0 Å². The lowest BCUT2D eigenvalue weighted by Crippen LogP contribution is -2.44. The van der Waals surface area contributed by atoms with Crippen LogP contribution in [0.1, 0.15) is 46.5 Å². The first-order chi connectivity index (χ1) is 8.13. The van der Waals surface area contributed by atoms with Gasteiger partial charge < -0.3 is 9.47 Å². The van der Waals surface area contributed by atoms with E-state index in [4.69, 9.17) is 9.47 Å². The average molecular weight is 242 g/mol. The third kappa shape index (κ3) is 2.45. The van der Waals surface area contributed by atoms with E-state index in [0.717, 1.165) is 19.3 Å². The number of hydrogen-bond acceptors (Lipinski definition) is 4. The Kier molecular flexibility index (Phi) is 4.97. The van der Waals surface area contributed by atoms with E-state index in [9.17, 15) is 9.59 Å². The summed E-state index contributed by atoms with van der Waals surface area (Å²) in [5.74, 6) is -0.744. The number of carbonyl (C=O) groups is 2. The fourth-order valence-corrected chi connectivity index (χ4v) is 2.77. The molecule has 1 rings (SSSR count). The zero-order chi connectivity index (χ0) is 12.9. The lowest BCUT2D eigenvalue weighted by molar-refractivity contribution is -0.175. The Hall–Kier alpha value is -1.06. The van der Waals surface area contributed by atoms with E-state index < -0.39 is 17.4 Å². The summed E-state index contributed by atoms with van der Waals surface area (Å²) in [6, 6.07) is 0. The highest BCUT2D eigenvalue weighted by Gasteiger charge is 2.56. The van der Waals surface area contributed by atoms with Gasteiger partial charge in [0, 0.05) is 0 Å². The molecule has 0 aromatic carbocycles. The van der Waals surface area contributed by atoms with Crippen LogP contribution in [0, 0.1) is 11.3 Å². The topological polar surface area (TPSA) is 52.6 Å². The van der Waals surface area contributed by atoms with Gasteiger partial charge in [-0.2, -0.15) is 0 Å². The van der Waals surface area contributed by atoms with Crippen LogP contribution >= 0.6 is 0 Å². The Balaban J connectivity index is 2.99. The van der Waals surface area contributed by atoms with Crippen LogP contribution in [-0.2, 0) is 19.1 Å². The Bertz CT molecular complexity index is 267. The summed E-state index contributed by atoms with van der Waals surface area (Å²) in [4.78, 5) is 24.3. The van der Waals surface area contributed by atoms with Gasteiger partial charge in [0.1, 0.15) is 0 Å². The minimum Gasteiger partial charge on any atom is -0.465 e. The van der Waals surface area contributed by atoms with Gasteiger partial charge in [-0.15, -0.1) is 0 Å². The van der Waals surface area contributed by atoms with Crippen molar-refractivity contribution in [1.29, 1.82) is 0 Å². The number of rotatable bonds is 5. The van der Waals surface area contributed by atoms with Crippen molar-refractivity contribution in [3.63, 3.8) is 0 Å². The van der Waals surface area contributed by atoms with Crippen molar-refractivity contribution in [2.24, 2.45) is 11.3 Å². The summed E-state index contributed by atoms with van der Waals surface area (Å²) in [6.07, 6.45) is 3.14. The monoisotopic (exact) mass is 242 g/mol. The van der Waals surface area contributed by atoms with Gasteiger partial charge in [-0.25, -0.2) is 0 Å². The van der Waals surface area contributed by atoms with E-state index in [2.05, 4.69) is 0 Å². The summed E-state index contributed by atoms with van der Waals surface area (Å²) in [5, 5.41) is 0. The fraction of sp³-hybridized carbons (Fsp3) is 0.846. The molecule has 1 fully saturated rings. The Morgan fingerprint density at radius 3 is 2.06 bits per heavy atom. The molecule has 17 heavy (non-hydrogen) atoms. The minimum atomic E-state index is -1.04. The summed E-state index contributed by atoms with van der Waals surface area (Å²) in [6.45, 7) is 6.12. The molecule has 0 aromatic rings. The Morgan fingerprint density at radius 2 is 1.65 bits per heavy atom. The van der Waals surface area contributed by atoms with Crippen LogP contribution in [0.15, 0.2) is 0 Å². The fourth-order valence-electron chi connectivity index (χ4n) is 2.77. The number of hydrogen-bond donors (Lipinski definition) is 0. The Morgan fingerprint density at radius 1 is 1.12 bits per heavy atom. The molecule has 1 unspecified atom stereocenters. The minimum absolute atomic E-state index is 0.0561. The second-order valence-corrected chi connectivity index (χ2v) is 4.41. The standard InChI is InChI=1S/C13H22O4/c1-4-10-8-7-9-13(10,11(14)16-5-2)12(15)17-6-3/h10H,4-9H2,1-3H3. The van der Waals surface area contributed by atoms with Gasteiger partial charge >= 0.3 is 11.9 Å². The van der Waals surface area contributed by atoms with Crippen molar-refractivity contribution in [1.82, 2.24) is 0 Å². The molecule has 1 saturated carbocycles. The van der Waals surface area contributed by atoms with Crippen LogP contribution in [0.5, 0.6) is 0 Å². The molecule has 0 bridgehead atoms. The van der Waals surface area contributed by atoms with Crippen molar-refractivity contribution in [2.45, 2.75) is 46.5 Å². The van der Waals surface area contributed by atoms with Gasteiger partial charge in [-0.1, -0.05) is 19.8 Å². The van der Waals surface area contributed by atoms with Crippen LogP contribution < -0.4 is 0 Å². The SMILES string of the molecule is CCOC(=O)C1(C(=O)OCC)CCCC1CC. The van der Waals surface area contributed by atoms with Crippen LogP contribution in [0.3, 0.4) is 0 Å². The summed E-state index contributed by atoms with van der Waals surface area (Å²) in [5.41, 5.74) is -1.04. The predicted molar refractivity (Wildman–Crippen MR) is 63.3 cm³/mol. The van der Waals surface area contributed by atoms with E-state index in [-0.39, 0.29) is 5.92 Å². The van der Waals surface area contributed by atoms with Crippen LogP contribution in [0.2, 0.25) is 0 Å². The number of carbonyl (C=O) groups excluding carboxylic acids is 2. The van der Waals surface area contributed by atoms with Crippen molar-refractivity contribution in [3.8, 4) is 0 Å². The number of ether oxygens (including phenoxy) is 2. The summed E-state index contributed by atoms with van der Waals surface area (Å²) in [7, 11) is 0. The van der Waals surface area contributed by atoms with E-state index in [1.807, 2.05) is 6.92 Å². The zero-order valence-corrected chi connectivity index (χ0v) is 11.0. The third-order valence-corrected chi connectivity index (χ3v) is 3.59. The first-order valence-electron chi connectivity index (χ1n) is 6.47. The number of esters is 2. The van der Waals surface area contributed by atoms with Crippen molar-refractivity contribution >= 4 is 11.9 Å².